The van der Waals surface area contributed by atoms with Crippen LogP contribution in [0.2, 0.25) is 0 Å². The third kappa shape index (κ3) is 5.77. The molecular weight excluding hydrogens is 186 g/mol. The van der Waals surface area contributed by atoms with Crippen molar-refractivity contribution in [2.24, 2.45) is 0 Å². The van der Waals surface area contributed by atoms with Gasteiger partial charge in [0.15, 0.2) is 0 Å². The molecule has 0 heterocycles. The summed E-state index contributed by atoms with van der Waals surface area (Å²) in [5.41, 5.74) is 0. The van der Waals surface area contributed by atoms with E-state index in [0.717, 1.165) is 6.08 Å². The Kier molecular flexibility index (Phi) is 5.42. The van der Waals surface area contributed by atoms with E-state index in [-0.39, 0.29) is 13.2 Å². The molecule has 0 aromatic rings. The average Bonchev–Trinajstić information content (AvgIpc) is 2.11. The SMILES string of the molecule is C=CC(=O)OCCOC(=O)C(F)F. The Morgan fingerprint density at radius 3 is 2.31 bits per heavy atom. The van der Waals surface area contributed by atoms with Crippen molar-refractivity contribution >= 4 is 11.9 Å². The molecule has 74 valence electrons. The Hall–Kier alpha value is -1.46. The minimum absolute atomic E-state index is 0.261. The molecule has 0 aromatic carbocycles. The van der Waals surface area contributed by atoms with Crippen LogP contribution in [-0.4, -0.2) is 31.6 Å². The van der Waals surface area contributed by atoms with Crippen LogP contribution in [-0.2, 0) is 19.1 Å². The van der Waals surface area contributed by atoms with Crippen LogP contribution in [0.3, 0.4) is 0 Å². The van der Waals surface area contributed by atoms with Crippen LogP contribution in [0.25, 0.3) is 0 Å². The molecule has 0 saturated heterocycles. The van der Waals surface area contributed by atoms with E-state index in [2.05, 4.69) is 16.1 Å². The molecule has 0 aromatic heterocycles. The maximum atomic E-state index is 11.5. The van der Waals surface area contributed by atoms with Crippen LogP contribution in [0.1, 0.15) is 0 Å². The predicted molar refractivity (Wildman–Crippen MR) is 38.1 cm³/mol. The molecule has 0 atom stereocenters. The monoisotopic (exact) mass is 194 g/mol. The normalized spacial score (nSPS) is 9.46. The van der Waals surface area contributed by atoms with Gasteiger partial charge in [-0.05, 0) is 0 Å². The third-order valence-corrected chi connectivity index (χ3v) is 0.917. The number of halogens is 2. The van der Waals surface area contributed by atoms with Gasteiger partial charge in [-0.2, -0.15) is 8.78 Å². The summed E-state index contributed by atoms with van der Waals surface area (Å²) < 4.78 is 31.3. The summed E-state index contributed by atoms with van der Waals surface area (Å²) >= 11 is 0. The van der Waals surface area contributed by atoms with Gasteiger partial charge in [-0.15, -0.1) is 0 Å². The van der Waals surface area contributed by atoms with Crippen LogP contribution < -0.4 is 0 Å². The number of rotatable bonds is 5. The fourth-order valence-electron chi connectivity index (χ4n) is 0.406. The molecule has 0 aliphatic rings. The Labute approximate surface area is 73.1 Å². The average molecular weight is 194 g/mol. The second-order valence-corrected chi connectivity index (χ2v) is 1.84. The zero-order valence-corrected chi connectivity index (χ0v) is 6.66. The summed E-state index contributed by atoms with van der Waals surface area (Å²) in [6, 6.07) is 0. The van der Waals surface area contributed by atoms with Crippen LogP contribution >= 0.6 is 0 Å². The molecule has 0 aliphatic heterocycles. The topological polar surface area (TPSA) is 52.6 Å². The first kappa shape index (κ1) is 11.5. The van der Waals surface area contributed by atoms with Gasteiger partial charge in [0.05, 0.1) is 0 Å². The van der Waals surface area contributed by atoms with E-state index in [1.54, 1.807) is 0 Å². The highest BCUT2D eigenvalue weighted by atomic mass is 19.3. The number of hydrogen-bond donors (Lipinski definition) is 0. The minimum Gasteiger partial charge on any atom is -0.459 e. The maximum absolute atomic E-state index is 11.5. The molecule has 0 amide bonds. The quantitative estimate of drug-likeness (QED) is 0.364. The number of carbonyl (C=O) groups is 2. The maximum Gasteiger partial charge on any atom is 0.373 e. The van der Waals surface area contributed by atoms with Crippen molar-refractivity contribution in [1.29, 1.82) is 0 Å². The van der Waals surface area contributed by atoms with E-state index in [1.807, 2.05) is 0 Å². The number of hydrogen-bond acceptors (Lipinski definition) is 4. The standard InChI is InChI=1S/C7H8F2O4/c1-2-5(10)12-3-4-13-7(11)6(8)9/h2,6H,1,3-4H2. The molecule has 0 spiro atoms. The summed E-state index contributed by atoms with van der Waals surface area (Å²) in [7, 11) is 0. The van der Waals surface area contributed by atoms with E-state index in [4.69, 9.17) is 0 Å². The molecular formula is C7H8F2O4. The lowest BCUT2D eigenvalue weighted by Crippen LogP contribution is -2.18. The fourth-order valence-corrected chi connectivity index (χ4v) is 0.406. The van der Waals surface area contributed by atoms with Gasteiger partial charge in [-0.3, -0.25) is 0 Å². The Balaban J connectivity index is 3.41. The van der Waals surface area contributed by atoms with Gasteiger partial charge in [0.25, 0.3) is 0 Å². The molecule has 0 bridgehead atoms. The number of carbonyl (C=O) groups excluding carboxylic acids is 2. The zero-order chi connectivity index (χ0) is 10.3. The lowest BCUT2D eigenvalue weighted by atomic mass is 10.6. The Morgan fingerprint density at radius 1 is 1.31 bits per heavy atom. The molecule has 4 nitrogen and oxygen atoms in total. The van der Waals surface area contributed by atoms with Crippen LogP contribution in [0, 0.1) is 0 Å². The Bertz CT molecular complexity index is 203. The molecule has 0 unspecified atom stereocenters. The summed E-state index contributed by atoms with van der Waals surface area (Å²) in [6.07, 6.45) is -2.25. The van der Waals surface area contributed by atoms with Gasteiger partial charge in [0, 0.05) is 6.08 Å². The molecule has 0 rings (SSSR count). The molecule has 0 aliphatic carbocycles. The van der Waals surface area contributed by atoms with Crippen molar-refractivity contribution in [1.82, 2.24) is 0 Å². The minimum atomic E-state index is -3.16. The zero-order valence-electron chi connectivity index (χ0n) is 6.66. The highest BCUT2D eigenvalue weighted by Gasteiger charge is 2.16. The van der Waals surface area contributed by atoms with Crippen molar-refractivity contribution in [3.05, 3.63) is 12.7 Å². The lowest BCUT2D eigenvalue weighted by molar-refractivity contribution is -0.159. The van der Waals surface area contributed by atoms with Crippen molar-refractivity contribution in [2.75, 3.05) is 13.2 Å². The van der Waals surface area contributed by atoms with Gasteiger partial charge >= 0.3 is 18.4 Å². The molecule has 0 N–H and O–H groups in total. The van der Waals surface area contributed by atoms with E-state index in [0.29, 0.717) is 0 Å². The molecule has 6 heteroatoms. The Morgan fingerprint density at radius 2 is 1.85 bits per heavy atom. The number of esters is 2. The first-order chi connectivity index (χ1) is 6.07. The van der Waals surface area contributed by atoms with Gasteiger partial charge in [-0.25, -0.2) is 9.59 Å². The summed E-state index contributed by atoms with van der Waals surface area (Å²) in [5.74, 6) is -2.33. The van der Waals surface area contributed by atoms with E-state index in [1.165, 1.54) is 0 Å². The molecule has 0 saturated carbocycles. The van der Waals surface area contributed by atoms with Crippen LogP contribution in [0.4, 0.5) is 8.78 Å². The van der Waals surface area contributed by atoms with E-state index < -0.39 is 18.4 Å². The van der Waals surface area contributed by atoms with Gasteiger partial charge in [-0.1, -0.05) is 6.58 Å². The predicted octanol–water partition coefficient (Wildman–Crippen LogP) is 0.524. The van der Waals surface area contributed by atoms with E-state index in [9.17, 15) is 18.4 Å². The highest BCUT2D eigenvalue weighted by Crippen LogP contribution is 1.95. The summed E-state index contributed by atoms with van der Waals surface area (Å²) in [4.78, 5) is 20.5. The number of ether oxygens (including phenoxy) is 2. The smallest absolute Gasteiger partial charge is 0.373 e. The van der Waals surface area contributed by atoms with Gasteiger partial charge in [0.1, 0.15) is 13.2 Å². The van der Waals surface area contributed by atoms with Crippen molar-refractivity contribution in [2.45, 2.75) is 6.43 Å². The van der Waals surface area contributed by atoms with Crippen LogP contribution in [0.5, 0.6) is 0 Å². The summed E-state index contributed by atoms with van der Waals surface area (Å²) in [5, 5.41) is 0. The van der Waals surface area contributed by atoms with Crippen molar-refractivity contribution in [3.8, 4) is 0 Å². The van der Waals surface area contributed by atoms with Crippen molar-refractivity contribution < 1.29 is 27.8 Å². The molecule has 0 fully saturated rings. The first-order valence-corrected chi connectivity index (χ1v) is 3.32. The highest BCUT2D eigenvalue weighted by molar-refractivity contribution is 5.81. The summed E-state index contributed by atoms with van der Waals surface area (Å²) in [6.45, 7) is 2.45. The van der Waals surface area contributed by atoms with Crippen molar-refractivity contribution in [3.63, 3.8) is 0 Å². The van der Waals surface area contributed by atoms with Gasteiger partial charge in [0.2, 0.25) is 0 Å². The molecule has 0 radical (unpaired) electrons. The first-order valence-electron chi connectivity index (χ1n) is 3.32. The lowest BCUT2D eigenvalue weighted by Gasteiger charge is -2.03. The van der Waals surface area contributed by atoms with Crippen LogP contribution in [0.15, 0.2) is 12.7 Å². The number of alkyl halides is 2. The molecule has 13 heavy (non-hydrogen) atoms. The fraction of sp³-hybridized carbons (Fsp3) is 0.429. The van der Waals surface area contributed by atoms with E-state index >= 15 is 0 Å². The van der Waals surface area contributed by atoms with Gasteiger partial charge < -0.3 is 9.47 Å². The third-order valence-electron chi connectivity index (χ3n) is 0.917. The largest absolute Gasteiger partial charge is 0.459 e. The second-order valence-electron chi connectivity index (χ2n) is 1.84. The second kappa shape index (κ2) is 6.10.